The van der Waals surface area contributed by atoms with Gasteiger partial charge in [0.05, 0.1) is 0 Å². The predicted octanol–water partition coefficient (Wildman–Crippen LogP) is 0.729. The van der Waals surface area contributed by atoms with Crippen molar-refractivity contribution in [1.29, 1.82) is 0 Å². The molecule has 0 aliphatic rings. The fraction of sp³-hybridized carbons (Fsp3) is 0.625. The average molecular weight is 256 g/mol. The summed E-state index contributed by atoms with van der Waals surface area (Å²) in [6.07, 6.45) is -0.0527. The number of Topliss-reactive ketones (excluding diaryl/α,β-unsaturated/α-hetero) is 1. The van der Waals surface area contributed by atoms with Gasteiger partial charge in [0, 0.05) is 12.8 Å². The van der Waals surface area contributed by atoms with E-state index < -0.39 is 22.8 Å². The van der Waals surface area contributed by atoms with Gasteiger partial charge in [-0.3, -0.25) is 9.59 Å². The first-order chi connectivity index (χ1) is 6.88. The van der Waals surface area contributed by atoms with E-state index in [9.17, 15) is 14.4 Å². The first kappa shape index (κ1) is 14.2. The van der Waals surface area contributed by atoms with Crippen molar-refractivity contribution in [2.45, 2.75) is 30.6 Å². The molecule has 0 rings (SSSR count). The fourth-order valence-corrected chi connectivity index (χ4v) is 0.933. The molecule has 0 aromatic heterocycles. The molecule has 1 amide bonds. The van der Waals surface area contributed by atoms with E-state index in [4.69, 9.17) is 28.3 Å². The average Bonchev–Trinajstić information content (AvgIpc) is 2.15. The number of ketones is 1. The molecule has 0 saturated carbocycles. The summed E-state index contributed by atoms with van der Waals surface area (Å²) >= 11 is 10.4. The quantitative estimate of drug-likeness (QED) is 0.686. The molecule has 0 fully saturated rings. The molecule has 1 unspecified atom stereocenters. The largest absolute Gasteiger partial charge is 0.480 e. The van der Waals surface area contributed by atoms with Gasteiger partial charge in [-0.25, -0.2) is 4.79 Å². The minimum Gasteiger partial charge on any atom is -0.480 e. The van der Waals surface area contributed by atoms with E-state index in [-0.39, 0.29) is 18.6 Å². The van der Waals surface area contributed by atoms with E-state index in [1.807, 2.05) is 0 Å². The van der Waals surface area contributed by atoms with Crippen molar-refractivity contribution in [2.24, 2.45) is 0 Å². The third kappa shape index (κ3) is 5.59. The monoisotopic (exact) mass is 255 g/mol. The van der Waals surface area contributed by atoms with Gasteiger partial charge >= 0.3 is 5.97 Å². The standard InChI is InChI=1S/C8H11Cl2NO4/c1-2-4(12)3-5(8(14)15)11-7(13)6(9)10/h5-6H,2-3H2,1H3,(H,11,13)(H,14,15). The summed E-state index contributed by atoms with van der Waals surface area (Å²) in [5.74, 6) is -2.38. The second kappa shape index (κ2) is 6.63. The zero-order valence-corrected chi connectivity index (χ0v) is 9.51. The molecule has 0 aromatic carbocycles. The van der Waals surface area contributed by atoms with Crippen LogP contribution in [0.3, 0.4) is 0 Å². The number of carboxylic acids is 1. The summed E-state index contributed by atoms with van der Waals surface area (Å²) in [5, 5.41) is 10.8. The lowest BCUT2D eigenvalue weighted by atomic mass is 10.1. The highest BCUT2D eigenvalue weighted by Gasteiger charge is 2.24. The van der Waals surface area contributed by atoms with E-state index in [0.29, 0.717) is 0 Å². The van der Waals surface area contributed by atoms with Gasteiger partial charge in [-0.15, -0.1) is 0 Å². The second-order valence-corrected chi connectivity index (χ2v) is 3.89. The number of nitrogens with one attached hydrogen (secondary N) is 1. The van der Waals surface area contributed by atoms with Crippen LogP contribution in [-0.4, -0.2) is 33.6 Å². The number of hydrogen-bond acceptors (Lipinski definition) is 3. The molecule has 2 N–H and O–H groups in total. The predicted molar refractivity (Wildman–Crippen MR) is 55.0 cm³/mol. The third-order valence-corrected chi connectivity index (χ3v) is 2.04. The number of rotatable bonds is 6. The number of amides is 1. The van der Waals surface area contributed by atoms with Crippen molar-refractivity contribution in [3.8, 4) is 0 Å². The summed E-state index contributed by atoms with van der Waals surface area (Å²) in [5.41, 5.74) is 0. The first-order valence-electron chi connectivity index (χ1n) is 4.21. The molecule has 15 heavy (non-hydrogen) atoms. The maximum absolute atomic E-state index is 11.0. The lowest BCUT2D eigenvalue weighted by Gasteiger charge is -2.13. The van der Waals surface area contributed by atoms with Crippen molar-refractivity contribution < 1.29 is 19.5 Å². The number of carbonyl (C=O) groups is 3. The van der Waals surface area contributed by atoms with E-state index in [1.165, 1.54) is 0 Å². The molecule has 0 heterocycles. The number of aliphatic carboxylic acids is 1. The van der Waals surface area contributed by atoms with E-state index >= 15 is 0 Å². The number of halogens is 2. The Hall–Kier alpha value is -0.810. The molecule has 0 radical (unpaired) electrons. The Bertz CT molecular complexity index is 267. The van der Waals surface area contributed by atoms with Gasteiger partial charge in [0.25, 0.3) is 5.91 Å². The molecule has 5 nitrogen and oxygen atoms in total. The number of carboxylic acid groups (broad SMARTS) is 1. The molecule has 7 heteroatoms. The highest BCUT2D eigenvalue weighted by Crippen LogP contribution is 2.04. The van der Waals surface area contributed by atoms with Gasteiger partial charge in [-0.2, -0.15) is 0 Å². The summed E-state index contributed by atoms with van der Waals surface area (Å²) in [4.78, 5) is 31.3. The molecule has 0 aliphatic heterocycles. The molecule has 1 atom stereocenters. The van der Waals surface area contributed by atoms with Crippen molar-refractivity contribution in [1.82, 2.24) is 5.32 Å². The van der Waals surface area contributed by atoms with E-state index in [1.54, 1.807) is 6.92 Å². The molecule has 0 bridgehead atoms. The Morgan fingerprint density at radius 3 is 2.20 bits per heavy atom. The van der Waals surface area contributed by atoms with Crippen molar-refractivity contribution in [3.63, 3.8) is 0 Å². The van der Waals surface area contributed by atoms with E-state index in [0.717, 1.165) is 0 Å². The second-order valence-electron chi connectivity index (χ2n) is 2.80. The molecule has 0 aromatic rings. The first-order valence-corrected chi connectivity index (χ1v) is 5.08. The SMILES string of the molecule is CCC(=O)CC(NC(=O)C(Cl)Cl)C(=O)O. The Morgan fingerprint density at radius 1 is 1.33 bits per heavy atom. The Labute approximate surface area is 96.7 Å². The van der Waals surface area contributed by atoms with Crippen LogP contribution in [0.15, 0.2) is 0 Å². The van der Waals surface area contributed by atoms with E-state index in [2.05, 4.69) is 5.32 Å². The third-order valence-electron chi connectivity index (χ3n) is 1.64. The fourth-order valence-electron chi connectivity index (χ4n) is 0.807. The van der Waals surface area contributed by atoms with Crippen LogP contribution in [0.1, 0.15) is 19.8 Å². The minimum absolute atomic E-state index is 0.213. The number of carbonyl (C=O) groups excluding carboxylic acids is 2. The number of hydrogen-bond donors (Lipinski definition) is 2. The summed E-state index contributed by atoms with van der Waals surface area (Å²) in [6.45, 7) is 1.61. The highest BCUT2D eigenvalue weighted by atomic mass is 35.5. The highest BCUT2D eigenvalue weighted by molar-refractivity contribution is 6.53. The minimum atomic E-state index is -1.34. The van der Waals surface area contributed by atoms with Crippen LogP contribution in [-0.2, 0) is 14.4 Å². The van der Waals surface area contributed by atoms with Gasteiger partial charge in [-0.05, 0) is 0 Å². The molecule has 86 valence electrons. The van der Waals surface area contributed by atoms with Crippen LogP contribution >= 0.6 is 23.2 Å². The van der Waals surface area contributed by atoms with Crippen LogP contribution in [0.5, 0.6) is 0 Å². The van der Waals surface area contributed by atoms with Crippen molar-refractivity contribution in [2.75, 3.05) is 0 Å². The van der Waals surface area contributed by atoms with Crippen LogP contribution in [0.25, 0.3) is 0 Å². The van der Waals surface area contributed by atoms with Gasteiger partial charge in [0.15, 0.2) is 4.84 Å². The Kier molecular flexibility index (Phi) is 6.27. The molecule has 0 spiro atoms. The Balaban J connectivity index is 4.35. The summed E-state index contributed by atoms with van der Waals surface area (Å²) in [7, 11) is 0. The Morgan fingerprint density at radius 2 is 1.87 bits per heavy atom. The summed E-state index contributed by atoms with van der Waals surface area (Å²) < 4.78 is 0. The lowest BCUT2D eigenvalue weighted by Crippen LogP contribution is -2.44. The maximum Gasteiger partial charge on any atom is 0.326 e. The topological polar surface area (TPSA) is 83.5 Å². The molecular weight excluding hydrogens is 245 g/mol. The van der Waals surface area contributed by atoms with Gasteiger partial charge in [0.2, 0.25) is 0 Å². The zero-order chi connectivity index (χ0) is 12.0. The lowest BCUT2D eigenvalue weighted by molar-refractivity contribution is -0.143. The van der Waals surface area contributed by atoms with Crippen molar-refractivity contribution >= 4 is 40.9 Å². The van der Waals surface area contributed by atoms with Crippen LogP contribution in [0.2, 0.25) is 0 Å². The maximum atomic E-state index is 11.0. The molecule has 0 saturated heterocycles. The molecule has 0 aliphatic carbocycles. The normalized spacial score (nSPS) is 12.3. The van der Waals surface area contributed by atoms with Gasteiger partial charge < -0.3 is 10.4 Å². The molecular formula is C8H11Cl2NO4. The summed E-state index contributed by atoms with van der Waals surface area (Å²) in [6, 6.07) is -1.27. The number of alkyl halides is 2. The van der Waals surface area contributed by atoms with Gasteiger partial charge in [-0.1, -0.05) is 30.1 Å². The van der Waals surface area contributed by atoms with Crippen molar-refractivity contribution in [3.05, 3.63) is 0 Å². The smallest absolute Gasteiger partial charge is 0.326 e. The van der Waals surface area contributed by atoms with Crippen LogP contribution < -0.4 is 5.32 Å². The van der Waals surface area contributed by atoms with Gasteiger partial charge in [0.1, 0.15) is 11.8 Å². The van der Waals surface area contributed by atoms with Crippen LogP contribution in [0, 0.1) is 0 Å². The van der Waals surface area contributed by atoms with Crippen LogP contribution in [0.4, 0.5) is 0 Å². The zero-order valence-electron chi connectivity index (χ0n) is 8.00.